The molecule has 0 bridgehead atoms. The maximum absolute atomic E-state index is 13.7. The Balaban J connectivity index is 1.89. The lowest BCUT2D eigenvalue weighted by atomic mass is 10.1. The lowest BCUT2D eigenvalue weighted by molar-refractivity contribution is 0.505. The highest BCUT2D eigenvalue weighted by Crippen LogP contribution is 2.20. The summed E-state index contributed by atoms with van der Waals surface area (Å²) in [7, 11) is 0. The maximum atomic E-state index is 13.7. The van der Waals surface area contributed by atoms with Gasteiger partial charge in [0.25, 0.3) is 0 Å². The molecule has 0 saturated heterocycles. The smallest absolute Gasteiger partial charge is 0.129 e. The van der Waals surface area contributed by atoms with Gasteiger partial charge in [-0.3, -0.25) is 0 Å². The van der Waals surface area contributed by atoms with Gasteiger partial charge >= 0.3 is 0 Å². The molecule has 1 N–H and O–H groups in total. The summed E-state index contributed by atoms with van der Waals surface area (Å²) in [6.45, 7) is 3.55. The van der Waals surface area contributed by atoms with E-state index in [0.717, 1.165) is 17.6 Å². The Hall–Kier alpha value is -1.20. The van der Waals surface area contributed by atoms with E-state index in [1.165, 1.54) is 6.07 Å². The van der Waals surface area contributed by atoms with Gasteiger partial charge in [-0.1, -0.05) is 22.0 Å². The van der Waals surface area contributed by atoms with Gasteiger partial charge in [0.1, 0.15) is 5.82 Å². The number of nitrogens with zero attached hydrogens (tertiary/aromatic N) is 2. The van der Waals surface area contributed by atoms with Gasteiger partial charge in [0, 0.05) is 41.6 Å². The minimum absolute atomic E-state index is 0.0124. The lowest BCUT2D eigenvalue weighted by Gasteiger charge is -2.15. The third-order valence-corrected chi connectivity index (χ3v) is 3.30. The van der Waals surface area contributed by atoms with E-state index in [9.17, 15) is 4.39 Å². The normalized spacial score (nSPS) is 12.6. The Labute approximate surface area is 114 Å². The molecule has 1 aromatic heterocycles. The van der Waals surface area contributed by atoms with Gasteiger partial charge < -0.3 is 9.88 Å². The van der Waals surface area contributed by atoms with Crippen LogP contribution in [-0.4, -0.2) is 16.1 Å². The Kier molecular flexibility index (Phi) is 4.49. The van der Waals surface area contributed by atoms with Gasteiger partial charge in [0.2, 0.25) is 0 Å². The Morgan fingerprint density at radius 1 is 1.50 bits per heavy atom. The number of rotatable bonds is 5. The van der Waals surface area contributed by atoms with Crippen LogP contribution in [0.4, 0.5) is 4.39 Å². The standard InChI is InChI=1S/C13H15BrFN3/c1-10(12-3-2-11(14)8-13(12)15)17-5-7-18-6-4-16-9-18/h2-4,6,8-10,17H,5,7H2,1H3. The number of nitrogens with one attached hydrogen (secondary N) is 1. The third kappa shape index (κ3) is 3.40. The first kappa shape index (κ1) is 13.2. The molecule has 1 unspecified atom stereocenters. The van der Waals surface area contributed by atoms with Crippen molar-refractivity contribution >= 4 is 15.9 Å². The van der Waals surface area contributed by atoms with E-state index < -0.39 is 0 Å². The van der Waals surface area contributed by atoms with Gasteiger partial charge in [-0.2, -0.15) is 0 Å². The van der Waals surface area contributed by atoms with E-state index in [1.807, 2.05) is 23.8 Å². The molecule has 1 heterocycles. The zero-order valence-corrected chi connectivity index (χ0v) is 11.7. The third-order valence-electron chi connectivity index (χ3n) is 2.81. The molecule has 2 aromatic rings. The highest BCUT2D eigenvalue weighted by molar-refractivity contribution is 9.10. The average Bonchev–Trinajstić information content (AvgIpc) is 2.81. The van der Waals surface area contributed by atoms with Crippen LogP contribution >= 0.6 is 15.9 Å². The number of hydrogen-bond acceptors (Lipinski definition) is 2. The first-order chi connectivity index (χ1) is 8.66. The van der Waals surface area contributed by atoms with Crippen LogP contribution in [0.25, 0.3) is 0 Å². The largest absolute Gasteiger partial charge is 0.336 e. The van der Waals surface area contributed by atoms with Crippen molar-refractivity contribution in [3.05, 3.63) is 52.8 Å². The van der Waals surface area contributed by atoms with E-state index in [-0.39, 0.29) is 11.9 Å². The zero-order valence-electron chi connectivity index (χ0n) is 10.1. The average molecular weight is 312 g/mol. The van der Waals surface area contributed by atoms with Crippen molar-refractivity contribution in [2.75, 3.05) is 6.54 Å². The SMILES string of the molecule is CC(NCCn1ccnc1)c1ccc(Br)cc1F. The van der Waals surface area contributed by atoms with Crippen molar-refractivity contribution in [3.8, 4) is 0 Å². The minimum atomic E-state index is -0.188. The molecule has 2 rings (SSSR count). The van der Waals surface area contributed by atoms with Crippen molar-refractivity contribution in [3.63, 3.8) is 0 Å². The Morgan fingerprint density at radius 3 is 3.00 bits per heavy atom. The predicted molar refractivity (Wildman–Crippen MR) is 72.7 cm³/mol. The monoisotopic (exact) mass is 311 g/mol. The molecule has 0 amide bonds. The number of aromatic nitrogens is 2. The van der Waals surface area contributed by atoms with Gasteiger partial charge in [0.15, 0.2) is 0 Å². The number of halogens is 2. The summed E-state index contributed by atoms with van der Waals surface area (Å²) < 4.78 is 16.5. The van der Waals surface area contributed by atoms with E-state index in [1.54, 1.807) is 18.6 Å². The zero-order chi connectivity index (χ0) is 13.0. The molecule has 0 radical (unpaired) electrons. The van der Waals surface area contributed by atoms with Crippen molar-refractivity contribution < 1.29 is 4.39 Å². The second-order valence-corrected chi connectivity index (χ2v) is 5.06. The van der Waals surface area contributed by atoms with Crippen LogP contribution in [0.1, 0.15) is 18.5 Å². The van der Waals surface area contributed by atoms with E-state index in [0.29, 0.717) is 5.56 Å². The fraction of sp³-hybridized carbons (Fsp3) is 0.308. The van der Waals surface area contributed by atoms with Crippen molar-refractivity contribution in [2.24, 2.45) is 0 Å². The van der Waals surface area contributed by atoms with E-state index >= 15 is 0 Å². The first-order valence-electron chi connectivity index (χ1n) is 5.81. The van der Waals surface area contributed by atoms with Gasteiger partial charge in [-0.05, 0) is 19.1 Å². The molecule has 96 valence electrons. The van der Waals surface area contributed by atoms with Crippen LogP contribution in [0, 0.1) is 5.82 Å². The van der Waals surface area contributed by atoms with Crippen molar-refractivity contribution in [1.82, 2.24) is 14.9 Å². The summed E-state index contributed by atoms with van der Waals surface area (Å²) in [5.41, 5.74) is 0.684. The number of hydrogen-bond donors (Lipinski definition) is 1. The van der Waals surface area contributed by atoms with Gasteiger partial charge in [-0.15, -0.1) is 0 Å². The number of imidazole rings is 1. The summed E-state index contributed by atoms with van der Waals surface area (Å²) >= 11 is 3.25. The second-order valence-electron chi connectivity index (χ2n) is 4.14. The fourth-order valence-corrected chi connectivity index (χ4v) is 2.12. The molecule has 0 aliphatic heterocycles. The molecule has 0 spiro atoms. The van der Waals surface area contributed by atoms with E-state index in [4.69, 9.17) is 0 Å². The summed E-state index contributed by atoms with van der Waals surface area (Å²) in [5, 5.41) is 3.29. The Morgan fingerprint density at radius 2 is 2.33 bits per heavy atom. The molecule has 1 aromatic carbocycles. The lowest BCUT2D eigenvalue weighted by Crippen LogP contribution is -2.23. The van der Waals surface area contributed by atoms with Gasteiger partial charge in [-0.25, -0.2) is 9.37 Å². The predicted octanol–water partition coefficient (Wildman–Crippen LogP) is 3.14. The van der Waals surface area contributed by atoms with Crippen LogP contribution in [0.5, 0.6) is 0 Å². The summed E-state index contributed by atoms with van der Waals surface area (Å²) in [4.78, 5) is 3.97. The molecule has 1 atom stereocenters. The van der Waals surface area contributed by atoms with Gasteiger partial charge in [0.05, 0.1) is 6.33 Å². The molecule has 5 heteroatoms. The topological polar surface area (TPSA) is 29.9 Å². The van der Waals surface area contributed by atoms with Crippen LogP contribution in [0.15, 0.2) is 41.4 Å². The minimum Gasteiger partial charge on any atom is -0.336 e. The molecule has 3 nitrogen and oxygen atoms in total. The highest BCUT2D eigenvalue weighted by atomic mass is 79.9. The van der Waals surface area contributed by atoms with Crippen LogP contribution in [-0.2, 0) is 6.54 Å². The first-order valence-corrected chi connectivity index (χ1v) is 6.60. The highest BCUT2D eigenvalue weighted by Gasteiger charge is 2.10. The van der Waals surface area contributed by atoms with Crippen LogP contribution in [0.3, 0.4) is 0 Å². The number of benzene rings is 1. The molecule has 18 heavy (non-hydrogen) atoms. The quantitative estimate of drug-likeness (QED) is 0.919. The molecular formula is C13H15BrFN3. The van der Waals surface area contributed by atoms with Crippen molar-refractivity contribution in [1.29, 1.82) is 0 Å². The summed E-state index contributed by atoms with van der Waals surface area (Å²) in [6, 6.07) is 5.13. The maximum Gasteiger partial charge on any atom is 0.129 e. The molecular weight excluding hydrogens is 297 g/mol. The summed E-state index contributed by atoms with van der Waals surface area (Å²) in [6.07, 6.45) is 5.43. The Bertz CT molecular complexity index is 499. The van der Waals surface area contributed by atoms with Crippen LogP contribution in [0.2, 0.25) is 0 Å². The molecule has 0 aliphatic rings. The molecule has 0 saturated carbocycles. The molecule has 0 fully saturated rings. The van der Waals surface area contributed by atoms with Crippen molar-refractivity contribution in [2.45, 2.75) is 19.5 Å². The molecule has 0 aliphatic carbocycles. The van der Waals surface area contributed by atoms with E-state index in [2.05, 4.69) is 26.2 Å². The second kappa shape index (κ2) is 6.11. The fourth-order valence-electron chi connectivity index (χ4n) is 1.79. The van der Waals surface area contributed by atoms with Crippen LogP contribution < -0.4 is 5.32 Å². The summed E-state index contributed by atoms with van der Waals surface area (Å²) in [5.74, 6) is -0.188.